The zero-order valence-corrected chi connectivity index (χ0v) is 12.1. The van der Waals surface area contributed by atoms with E-state index in [1.165, 1.54) is 0 Å². The maximum atomic E-state index is 12.6. The number of nitrogens with zero attached hydrogens (tertiary/aromatic N) is 1. The summed E-state index contributed by atoms with van der Waals surface area (Å²) in [4.78, 5) is 0. The van der Waals surface area contributed by atoms with Gasteiger partial charge in [0.2, 0.25) is 10.0 Å². The van der Waals surface area contributed by atoms with Gasteiger partial charge in [0.05, 0.1) is 10.8 Å². The van der Waals surface area contributed by atoms with Crippen LogP contribution in [0.15, 0.2) is 30.3 Å². The van der Waals surface area contributed by atoms with Gasteiger partial charge in [0.1, 0.15) is 0 Å². The van der Waals surface area contributed by atoms with Crippen LogP contribution >= 0.6 is 0 Å². The summed E-state index contributed by atoms with van der Waals surface area (Å²) in [5, 5.41) is 0. The zero-order valence-electron chi connectivity index (χ0n) is 11.3. The highest BCUT2D eigenvalue weighted by atomic mass is 32.2. The Morgan fingerprint density at radius 3 is 2.33 bits per heavy atom. The van der Waals surface area contributed by atoms with Gasteiger partial charge in [-0.05, 0) is 32.3 Å². The number of rotatable bonds is 4. The first-order chi connectivity index (χ1) is 8.40. The molecule has 18 heavy (non-hydrogen) atoms. The predicted octanol–water partition coefficient (Wildman–Crippen LogP) is 2.95. The monoisotopic (exact) mass is 267 g/mol. The standard InChI is InChI=1S/C14H21NO2S/c1-4-14(2,3)18(16,17)15-11-10-13(15)12-8-6-5-7-9-12/h5-9,13H,4,10-11H2,1-3H3/t13-/m0/s1. The molecule has 0 spiro atoms. The van der Waals surface area contributed by atoms with E-state index in [9.17, 15) is 8.42 Å². The van der Waals surface area contributed by atoms with Crippen molar-refractivity contribution < 1.29 is 8.42 Å². The van der Waals surface area contributed by atoms with E-state index in [1.807, 2.05) is 51.1 Å². The van der Waals surface area contributed by atoms with Crippen LogP contribution in [0.25, 0.3) is 0 Å². The highest BCUT2D eigenvalue weighted by Gasteiger charge is 2.45. The van der Waals surface area contributed by atoms with Crippen LogP contribution in [0.1, 0.15) is 45.2 Å². The normalized spacial score (nSPS) is 21.6. The maximum absolute atomic E-state index is 12.6. The Hall–Kier alpha value is -0.870. The fourth-order valence-electron chi connectivity index (χ4n) is 2.16. The molecular formula is C14H21NO2S. The van der Waals surface area contributed by atoms with Crippen LogP contribution in [0.5, 0.6) is 0 Å². The fourth-order valence-corrected chi connectivity index (χ4v) is 4.07. The second kappa shape index (κ2) is 4.67. The molecule has 100 valence electrons. The molecule has 1 atom stereocenters. The summed E-state index contributed by atoms with van der Waals surface area (Å²) in [5.74, 6) is 0. The van der Waals surface area contributed by atoms with Crippen LogP contribution in [-0.2, 0) is 10.0 Å². The lowest BCUT2D eigenvalue weighted by Gasteiger charge is -2.44. The van der Waals surface area contributed by atoms with Crippen molar-refractivity contribution in [3.63, 3.8) is 0 Å². The van der Waals surface area contributed by atoms with E-state index >= 15 is 0 Å². The third-order valence-corrected chi connectivity index (χ3v) is 6.75. The van der Waals surface area contributed by atoms with Gasteiger partial charge in [-0.2, -0.15) is 4.31 Å². The molecule has 4 heteroatoms. The van der Waals surface area contributed by atoms with E-state index in [-0.39, 0.29) is 6.04 Å². The number of hydrogen-bond acceptors (Lipinski definition) is 2. The Morgan fingerprint density at radius 2 is 1.89 bits per heavy atom. The topological polar surface area (TPSA) is 37.4 Å². The summed E-state index contributed by atoms with van der Waals surface area (Å²) in [6.07, 6.45) is 1.55. The van der Waals surface area contributed by atoms with Crippen LogP contribution in [0.4, 0.5) is 0 Å². The lowest BCUT2D eigenvalue weighted by atomic mass is 9.98. The molecule has 0 amide bonds. The van der Waals surface area contributed by atoms with E-state index < -0.39 is 14.8 Å². The molecule has 0 N–H and O–H groups in total. The third kappa shape index (κ3) is 2.08. The van der Waals surface area contributed by atoms with Crippen LogP contribution < -0.4 is 0 Å². The van der Waals surface area contributed by atoms with Crippen LogP contribution in [0, 0.1) is 0 Å². The lowest BCUT2D eigenvalue weighted by molar-refractivity contribution is 0.196. The summed E-state index contributed by atoms with van der Waals surface area (Å²) in [7, 11) is -3.22. The summed E-state index contributed by atoms with van der Waals surface area (Å²) in [6.45, 7) is 6.19. The van der Waals surface area contributed by atoms with E-state index in [1.54, 1.807) is 4.31 Å². The minimum absolute atomic E-state index is 0.0297. The number of hydrogen-bond donors (Lipinski definition) is 0. The molecule has 0 radical (unpaired) electrons. The van der Waals surface area contributed by atoms with Gasteiger partial charge in [0, 0.05) is 6.54 Å². The molecule has 1 heterocycles. The molecule has 1 aromatic rings. The largest absolute Gasteiger partial charge is 0.219 e. The minimum Gasteiger partial charge on any atom is -0.212 e. The highest BCUT2D eigenvalue weighted by Crippen LogP contribution is 2.40. The summed E-state index contributed by atoms with van der Waals surface area (Å²) >= 11 is 0. The molecule has 3 nitrogen and oxygen atoms in total. The quantitative estimate of drug-likeness (QED) is 0.841. The van der Waals surface area contributed by atoms with Gasteiger partial charge >= 0.3 is 0 Å². The minimum atomic E-state index is -3.22. The first kappa shape index (κ1) is 13.6. The van der Waals surface area contributed by atoms with E-state index in [4.69, 9.17) is 0 Å². The molecule has 1 aliphatic heterocycles. The number of sulfonamides is 1. The molecule has 1 fully saturated rings. The van der Waals surface area contributed by atoms with E-state index in [0.29, 0.717) is 13.0 Å². The molecular weight excluding hydrogens is 246 g/mol. The van der Waals surface area contributed by atoms with Crippen LogP contribution in [0.3, 0.4) is 0 Å². The van der Waals surface area contributed by atoms with Crippen molar-refractivity contribution in [2.75, 3.05) is 6.54 Å². The molecule has 0 unspecified atom stereocenters. The maximum Gasteiger partial charge on any atom is 0.219 e. The average Bonchev–Trinajstić information content (AvgIpc) is 2.28. The highest BCUT2D eigenvalue weighted by molar-refractivity contribution is 7.90. The second-order valence-corrected chi connectivity index (χ2v) is 7.97. The molecule has 0 saturated carbocycles. The Labute approximate surface area is 110 Å². The van der Waals surface area contributed by atoms with Crippen molar-refractivity contribution in [3.8, 4) is 0 Å². The summed E-state index contributed by atoms with van der Waals surface area (Å²) < 4.78 is 26.1. The fraction of sp³-hybridized carbons (Fsp3) is 0.571. The molecule has 1 aliphatic rings. The van der Waals surface area contributed by atoms with Gasteiger partial charge in [-0.25, -0.2) is 8.42 Å². The van der Waals surface area contributed by atoms with Gasteiger partial charge in [-0.15, -0.1) is 0 Å². The molecule has 0 aromatic heterocycles. The molecule has 0 bridgehead atoms. The molecule has 0 aliphatic carbocycles. The van der Waals surface area contributed by atoms with Crippen LogP contribution in [-0.4, -0.2) is 24.0 Å². The number of benzene rings is 1. The average molecular weight is 267 g/mol. The van der Waals surface area contributed by atoms with Gasteiger partial charge in [0.25, 0.3) is 0 Å². The molecule has 1 saturated heterocycles. The lowest BCUT2D eigenvalue weighted by Crippen LogP contribution is -2.52. The summed E-state index contributed by atoms with van der Waals surface area (Å²) in [6, 6.07) is 9.92. The zero-order chi connectivity index (χ0) is 13.4. The Balaban J connectivity index is 2.27. The SMILES string of the molecule is CCC(C)(C)S(=O)(=O)N1CC[C@H]1c1ccccc1. The first-order valence-electron chi connectivity index (χ1n) is 6.46. The van der Waals surface area contributed by atoms with Crippen molar-refractivity contribution in [1.29, 1.82) is 0 Å². The van der Waals surface area contributed by atoms with Crippen LogP contribution in [0.2, 0.25) is 0 Å². The first-order valence-corrected chi connectivity index (χ1v) is 7.90. The van der Waals surface area contributed by atoms with Gasteiger partial charge in [-0.1, -0.05) is 37.3 Å². The van der Waals surface area contributed by atoms with Crippen molar-refractivity contribution >= 4 is 10.0 Å². The van der Waals surface area contributed by atoms with E-state index in [2.05, 4.69) is 0 Å². The van der Waals surface area contributed by atoms with Crippen molar-refractivity contribution in [3.05, 3.63) is 35.9 Å². The van der Waals surface area contributed by atoms with Gasteiger partial charge < -0.3 is 0 Å². The van der Waals surface area contributed by atoms with Gasteiger partial charge in [0.15, 0.2) is 0 Å². The Morgan fingerprint density at radius 1 is 1.28 bits per heavy atom. The molecule has 2 rings (SSSR count). The Kier molecular flexibility index (Phi) is 3.52. The predicted molar refractivity (Wildman–Crippen MR) is 73.8 cm³/mol. The third-order valence-electron chi connectivity index (χ3n) is 4.01. The second-order valence-electron chi connectivity index (χ2n) is 5.44. The molecule has 1 aromatic carbocycles. The van der Waals surface area contributed by atoms with Crippen molar-refractivity contribution in [1.82, 2.24) is 4.31 Å². The van der Waals surface area contributed by atoms with Crippen molar-refractivity contribution in [2.45, 2.75) is 44.4 Å². The smallest absolute Gasteiger partial charge is 0.212 e. The van der Waals surface area contributed by atoms with Gasteiger partial charge in [-0.3, -0.25) is 0 Å². The van der Waals surface area contributed by atoms with Crippen molar-refractivity contribution in [2.24, 2.45) is 0 Å². The Bertz CT molecular complexity index is 508. The van der Waals surface area contributed by atoms with E-state index in [0.717, 1.165) is 12.0 Å². The summed E-state index contributed by atoms with van der Waals surface area (Å²) in [5.41, 5.74) is 1.10.